The number of aryl methyl sites for hydroxylation is 1. The molecule has 0 aliphatic carbocycles. The molecule has 2 aromatic carbocycles. The van der Waals surface area contributed by atoms with Crippen LogP contribution in [0.1, 0.15) is 28.8 Å². The highest BCUT2D eigenvalue weighted by atomic mass is 32.2. The lowest BCUT2D eigenvalue weighted by molar-refractivity contribution is 0.0342. The fraction of sp³-hybridized carbons (Fsp3) is 0.414. The first kappa shape index (κ1) is 27.2. The molecule has 206 valence electrons. The van der Waals surface area contributed by atoms with Gasteiger partial charge in [-0.1, -0.05) is 23.9 Å². The van der Waals surface area contributed by atoms with Gasteiger partial charge in [0.15, 0.2) is 5.16 Å². The van der Waals surface area contributed by atoms with E-state index in [1.807, 2.05) is 48.3 Å². The van der Waals surface area contributed by atoms with Crippen molar-refractivity contribution in [3.8, 4) is 5.75 Å². The van der Waals surface area contributed by atoms with Crippen molar-refractivity contribution in [3.05, 3.63) is 72.1 Å². The van der Waals surface area contributed by atoms with E-state index in [1.54, 1.807) is 40.9 Å². The molecule has 5 rings (SSSR count). The lowest BCUT2D eigenvalue weighted by atomic mass is 9.99. The van der Waals surface area contributed by atoms with Gasteiger partial charge < -0.3 is 24.3 Å². The molecule has 9 nitrogen and oxygen atoms in total. The van der Waals surface area contributed by atoms with Crippen molar-refractivity contribution in [2.24, 2.45) is 13.0 Å². The zero-order valence-electron chi connectivity index (χ0n) is 22.3. The van der Waals surface area contributed by atoms with E-state index in [-0.39, 0.29) is 12.0 Å². The Labute approximate surface area is 233 Å². The molecule has 10 heteroatoms. The molecule has 1 aromatic heterocycles. The van der Waals surface area contributed by atoms with E-state index in [1.165, 1.54) is 5.56 Å². The van der Waals surface area contributed by atoms with Gasteiger partial charge in [-0.2, -0.15) is 0 Å². The van der Waals surface area contributed by atoms with Gasteiger partial charge in [-0.3, -0.25) is 9.69 Å². The Morgan fingerprint density at radius 3 is 2.41 bits per heavy atom. The third-order valence-corrected chi connectivity index (χ3v) is 8.43. The average molecular weight is 550 g/mol. The third kappa shape index (κ3) is 7.62. The number of amides is 2. The van der Waals surface area contributed by atoms with Crippen molar-refractivity contribution in [2.75, 3.05) is 50.5 Å². The Morgan fingerprint density at radius 1 is 1.03 bits per heavy atom. The lowest BCUT2D eigenvalue weighted by Crippen LogP contribution is -2.40. The zero-order chi connectivity index (χ0) is 27.0. The number of imidazole rings is 1. The van der Waals surface area contributed by atoms with Crippen molar-refractivity contribution in [1.82, 2.24) is 19.4 Å². The van der Waals surface area contributed by atoms with Crippen molar-refractivity contribution >= 4 is 29.4 Å². The van der Waals surface area contributed by atoms with E-state index in [2.05, 4.69) is 15.2 Å². The molecule has 0 bridgehead atoms. The van der Waals surface area contributed by atoms with Gasteiger partial charge in [0, 0.05) is 69.2 Å². The standard InChI is InChI=1S/C29H35N5O4S/c1-32-15-12-30-28(32)39-21-23-10-13-34(14-11-23)29(36)38-26-8-6-25(7-9-26)31-27(35)24-4-2-22(3-5-24)20-33-16-18-37-19-17-33/h2-9,12,15,23H,10-11,13-14,16-21H2,1H3,(H,31,35). The van der Waals surface area contributed by atoms with Crippen molar-refractivity contribution < 1.29 is 19.1 Å². The fourth-order valence-electron chi connectivity index (χ4n) is 4.72. The van der Waals surface area contributed by atoms with Crippen LogP contribution < -0.4 is 10.1 Å². The summed E-state index contributed by atoms with van der Waals surface area (Å²) >= 11 is 1.76. The molecule has 2 aliphatic rings. The normalized spacial score (nSPS) is 16.7. The first-order chi connectivity index (χ1) is 19.0. The molecule has 0 unspecified atom stereocenters. The molecule has 0 saturated carbocycles. The molecule has 2 fully saturated rings. The third-order valence-electron chi connectivity index (χ3n) is 7.14. The molecule has 2 saturated heterocycles. The molecule has 3 aromatic rings. The number of hydrogen-bond donors (Lipinski definition) is 1. The monoisotopic (exact) mass is 549 g/mol. The number of anilines is 1. The summed E-state index contributed by atoms with van der Waals surface area (Å²) < 4.78 is 13.0. The van der Waals surface area contributed by atoms with Crippen LogP contribution in [0, 0.1) is 5.92 Å². The molecule has 1 N–H and O–H groups in total. The average Bonchev–Trinajstić information content (AvgIpc) is 3.38. The summed E-state index contributed by atoms with van der Waals surface area (Å²) in [5.41, 5.74) is 2.41. The predicted octanol–water partition coefficient (Wildman–Crippen LogP) is 4.51. The number of carbonyl (C=O) groups is 2. The van der Waals surface area contributed by atoms with Crippen molar-refractivity contribution in [1.29, 1.82) is 0 Å². The Hall–Kier alpha value is -3.34. The van der Waals surface area contributed by atoms with Crippen LogP contribution in [-0.2, 0) is 18.3 Å². The first-order valence-corrected chi connectivity index (χ1v) is 14.4. The Kier molecular flexibility index (Phi) is 9.18. The molecular weight excluding hydrogens is 514 g/mol. The van der Waals surface area contributed by atoms with Crippen LogP contribution >= 0.6 is 11.8 Å². The Balaban J connectivity index is 1.04. The number of likely N-dealkylation sites (tertiary alicyclic amines) is 1. The summed E-state index contributed by atoms with van der Waals surface area (Å²) in [4.78, 5) is 33.8. The SMILES string of the molecule is Cn1ccnc1SCC1CCN(C(=O)Oc2ccc(NC(=O)c3ccc(CN4CCOCC4)cc3)cc2)CC1. The molecule has 2 aliphatic heterocycles. The molecule has 39 heavy (non-hydrogen) atoms. The van der Waals surface area contributed by atoms with E-state index < -0.39 is 0 Å². The number of piperidine rings is 1. The minimum atomic E-state index is -0.334. The number of morpholine rings is 1. The molecule has 0 spiro atoms. The number of hydrogen-bond acceptors (Lipinski definition) is 7. The maximum atomic E-state index is 12.7. The number of thioether (sulfide) groups is 1. The molecule has 0 atom stereocenters. The smallest absolute Gasteiger partial charge is 0.410 e. The van der Waals surface area contributed by atoms with Crippen LogP contribution in [0.2, 0.25) is 0 Å². The summed E-state index contributed by atoms with van der Waals surface area (Å²) in [6.07, 6.45) is 5.33. The maximum absolute atomic E-state index is 12.7. The highest BCUT2D eigenvalue weighted by Crippen LogP contribution is 2.26. The van der Waals surface area contributed by atoms with Crippen LogP contribution in [0.15, 0.2) is 66.1 Å². The number of benzene rings is 2. The van der Waals surface area contributed by atoms with Crippen LogP contribution in [0.5, 0.6) is 5.75 Å². The molecular formula is C29H35N5O4S. The van der Waals surface area contributed by atoms with Gasteiger partial charge >= 0.3 is 6.09 Å². The predicted molar refractivity (Wildman–Crippen MR) is 151 cm³/mol. The quantitative estimate of drug-likeness (QED) is 0.414. The Morgan fingerprint density at radius 2 is 1.74 bits per heavy atom. The number of nitrogens with one attached hydrogen (secondary N) is 1. The van der Waals surface area contributed by atoms with E-state index in [4.69, 9.17) is 9.47 Å². The second-order valence-corrected chi connectivity index (χ2v) is 11.0. The maximum Gasteiger partial charge on any atom is 0.415 e. The first-order valence-electron chi connectivity index (χ1n) is 13.4. The summed E-state index contributed by atoms with van der Waals surface area (Å²) in [5.74, 6) is 1.83. The highest BCUT2D eigenvalue weighted by molar-refractivity contribution is 7.99. The van der Waals surface area contributed by atoms with Gasteiger partial charge in [0.05, 0.1) is 13.2 Å². The molecule has 3 heterocycles. The van der Waals surface area contributed by atoms with Crippen LogP contribution in [0.25, 0.3) is 0 Å². The highest BCUT2D eigenvalue weighted by Gasteiger charge is 2.24. The largest absolute Gasteiger partial charge is 0.415 e. The topological polar surface area (TPSA) is 88.9 Å². The van der Waals surface area contributed by atoms with Gasteiger partial charge in [0.25, 0.3) is 5.91 Å². The van der Waals surface area contributed by atoms with Crippen LogP contribution in [-0.4, -0.2) is 76.5 Å². The zero-order valence-corrected chi connectivity index (χ0v) is 23.1. The van der Waals surface area contributed by atoms with E-state index in [9.17, 15) is 9.59 Å². The Bertz CT molecular complexity index is 1230. The summed E-state index contributed by atoms with van der Waals surface area (Å²) in [6, 6.07) is 14.6. The summed E-state index contributed by atoms with van der Waals surface area (Å²) in [7, 11) is 2.00. The van der Waals surface area contributed by atoms with E-state index in [0.717, 1.165) is 56.6 Å². The van der Waals surface area contributed by atoms with Crippen molar-refractivity contribution in [2.45, 2.75) is 24.5 Å². The van der Waals surface area contributed by atoms with E-state index in [0.29, 0.717) is 36.0 Å². The summed E-state index contributed by atoms with van der Waals surface area (Å²) in [5, 5.41) is 3.93. The van der Waals surface area contributed by atoms with Crippen molar-refractivity contribution in [3.63, 3.8) is 0 Å². The van der Waals surface area contributed by atoms with Gasteiger partial charge in [-0.05, 0) is 60.7 Å². The minimum Gasteiger partial charge on any atom is -0.410 e. The number of aromatic nitrogens is 2. The number of nitrogens with zero attached hydrogens (tertiary/aromatic N) is 4. The second kappa shape index (κ2) is 13.1. The lowest BCUT2D eigenvalue weighted by Gasteiger charge is -2.31. The van der Waals surface area contributed by atoms with E-state index >= 15 is 0 Å². The number of ether oxygens (including phenoxy) is 2. The van der Waals surface area contributed by atoms with Gasteiger partial charge in [0.2, 0.25) is 0 Å². The van der Waals surface area contributed by atoms with Gasteiger partial charge in [-0.25, -0.2) is 9.78 Å². The minimum absolute atomic E-state index is 0.179. The van der Waals surface area contributed by atoms with Gasteiger partial charge in [-0.15, -0.1) is 0 Å². The number of carbonyl (C=O) groups excluding carboxylic acids is 2. The van der Waals surface area contributed by atoms with Crippen LogP contribution in [0.3, 0.4) is 0 Å². The molecule has 2 amide bonds. The number of rotatable bonds is 8. The summed E-state index contributed by atoms with van der Waals surface area (Å²) in [6.45, 7) is 5.62. The fourth-order valence-corrected chi connectivity index (χ4v) is 5.84. The molecule has 0 radical (unpaired) electrons. The van der Waals surface area contributed by atoms with Gasteiger partial charge in [0.1, 0.15) is 5.75 Å². The second-order valence-electron chi connectivity index (χ2n) is 9.99. The van der Waals surface area contributed by atoms with Crippen LogP contribution in [0.4, 0.5) is 10.5 Å².